The molecule has 1 aliphatic rings. The minimum Gasteiger partial charge on any atom is -0.269 e. The summed E-state index contributed by atoms with van der Waals surface area (Å²) < 4.78 is 26.5. The Hall–Kier alpha value is -1.62. The van der Waals surface area contributed by atoms with Gasteiger partial charge in [-0.15, -0.1) is 0 Å². The zero-order valence-corrected chi connectivity index (χ0v) is 14.0. The predicted molar refractivity (Wildman–Crippen MR) is 86.9 cm³/mol. The van der Waals surface area contributed by atoms with Gasteiger partial charge < -0.3 is 0 Å². The van der Waals surface area contributed by atoms with E-state index in [0.717, 1.165) is 35.6 Å². The first-order valence-electron chi connectivity index (χ1n) is 7.80. The molecule has 5 heteroatoms. The molecule has 0 aromatic heterocycles. The molecular weight excluding hydrogens is 298 g/mol. The van der Waals surface area contributed by atoms with E-state index in [1.54, 1.807) is 30.3 Å². The van der Waals surface area contributed by atoms with Gasteiger partial charge >= 0.3 is 0 Å². The zero-order chi connectivity index (χ0) is 16.2. The first kappa shape index (κ1) is 16.7. The van der Waals surface area contributed by atoms with Gasteiger partial charge in [0.05, 0.1) is 10.9 Å². The Labute approximate surface area is 132 Å². The quantitative estimate of drug-likeness (QED) is 0.723. The van der Waals surface area contributed by atoms with Crippen molar-refractivity contribution >= 4 is 15.9 Å². The van der Waals surface area contributed by atoms with E-state index >= 15 is 0 Å². The molecule has 0 saturated carbocycles. The van der Waals surface area contributed by atoms with Crippen molar-refractivity contribution in [1.29, 1.82) is 0 Å². The molecule has 0 aliphatic carbocycles. The average molecular weight is 321 g/mol. The van der Waals surface area contributed by atoms with E-state index in [1.807, 2.05) is 6.92 Å². The highest BCUT2D eigenvalue weighted by molar-refractivity contribution is 7.89. The summed E-state index contributed by atoms with van der Waals surface area (Å²) in [6.07, 6.45) is 8.02. The topological polar surface area (TPSA) is 54.5 Å². The molecule has 1 atom stereocenters. The predicted octanol–water partition coefficient (Wildman–Crippen LogP) is 3.42. The van der Waals surface area contributed by atoms with Gasteiger partial charge in [0.1, 0.15) is 0 Å². The number of sulfonamides is 1. The van der Waals surface area contributed by atoms with Crippen LogP contribution in [0.5, 0.6) is 0 Å². The van der Waals surface area contributed by atoms with Crippen LogP contribution >= 0.6 is 0 Å². The summed E-state index contributed by atoms with van der Waals surface area (Å²) in [5, 5.41) is 0. The molecule has 1 aliphatic heterocycles. The van der Waals surface area contributed by atoms with Gasteiger partial charge in [0.25, 0.3) is 15.9 Å². The molecule has 2 rings (SSSR count). The Balaban J connectivity index is 2.16. The lowest BCUT2D eigenvalue weighted by Gasteiger charge is -2.24. The summed E-state index contributed by atoms with van der Waals surface area (Å²) in [6.45, 7) is 4.03. The largest absolute Gasteiger partial charge is 0.269 e. The van der Waals surface area contributed by atoms with Crippen LogP contribution in [0.15, 0.2) is 41.3 Å². The van der Waals surface area contributed by atoms with Gasteiger partial charge in [0.15, 0.2) is 0 Å². The highest BCUT2D eigenvalue weighted by Crippen LogP contribution is 2.26. The van der Waals surface area contributed by atoms with Crippen molar-refractivity contribution in [2.75, 3.05) is 0 Å². The molecule has 0 spiro atoms. The summed E-state index contributed by atoms with van der Waals surface area (Å²) in [5.41, 5.74) is 0.987. The van der Waals surface area contributed by atoms with Gasteiger partial charge in [-0.05, 0) is 25.5 Å². The van der Waals surface area contributed by atoms with E-state index in [2.05, 4.69) is 6.92 Å². The second kappa shape index (κ2) is 7.09. The molecule has 0 radical (unpaired) electrons. The standard InChI is InChI=1S/C17H23NO3S/c1-3-4-5-6-7-15-10-13-17(19)18(15)22(20,21)16-11-8-14(2)9-12-16/h8-13,15H,3-7H2,1-2H3. The molecule has 1 aromatic rings. The van der Waals surface area contributed by atoms with Crippen LogP contribution in [0.2, 0.25) is 0 Å². The van der Waals surface area contributed by atoms with Crippen LogP contribution in [-0.2, 0) is 14.8 Å². The third kappa shape index (κ3) is 3.58. The molecule has 1 heterocycles. The highest BCUT2D eigenvalue weighted by atomic mass is 32.2. The van der Waals surface area contributed by atoms with Crippen molar-refractivity contribution in [3.05, 3.63) is 42.0 Å². The number of carbonyl (C=O) groups excluding carboxylic acids is 1. The molecule has 0 N–H and O–H groups in total. The number of carbonyl (C=O) groups is 1. The van der Waals surface area contributed by atoms with Gasteiger partial charge in [0, 0.05) is 6.08 Å². The monoisotopic (exact) mass is 321 g/mol. The smallest absolute Gasteiger partial charge is 0.267 e. The van der Waals surface area contributed by atoms with Gasteiger partial charge in [0.2, 0.25) is 0 Å². The van der Waals surface area contributed by atoms with Crippen molar-refractivity contribution < 1.29 is 13.2 Å². The lowest BCUT2D eigenvalue weighted by atomic mass is 10.1. The van der Waals surface area contributed by atoms with Crippen LogP contribution in [0.3, 0.4) is 0 Å². The van der Waals surface area contributed by atoms with E-state index in [0.29, 0.717) is 6.42 Å². The summed E-state index contributed by atoms with van der Waals surface area (Å²) in [6, 6.07) is 6.26. The molecule has 1 unspecified atom stereocenters. The van der Waals surface area contributed by atoms with Gasteiger partial charge in [-0.2, -0.15) is 0 Å². The Morgan fingerprint density at radius 1 is 1.09 bits per heavy atom. The summed E-state index contributed by atoms with van der Waals surface area (Å²) >= 11 is 0. The zero-order valence-electron chi connectivity index (χ0n) is 13.2. The SMILES string of the molecule is CCCCCCC1C=CC(=O)N1S(=O)(=O)c1ccc(C)cc1. The number of hydrogen-bond acceptors (Lipinski definition) is 3. The number of benzene rings is 1. The van der Waals surface area contributed by atoms with Crippen molar-refractivity contribution in [2.24, 2.45) is 0 Å². The Morgan fingerprint density at radius 2 is 1.77 bits per heavy atom. The maximum Gasteiger partial charge on any atom is 0.267 e. The Bertz CT molecular complexity index is 647. The number of aryl methyl sites for hydroxylation is 1. The molecule has 22 heavy (non-hydrogen) atoms. The fourth-order valence-corrected chi connectivity index (χ4v) is 4.16. The van der Waals surface area contributed by atoms with Crippen molar-refractivity contribution in [3.63, 3.8) is 0 Å². The number of nitrogens with zero attached hydrogens (tertiary/aromatic N) is 1. The summed E-state index contributed by atoms with van der Waals surface area (Å²) in [7, 11) is -3.78. The second-order valence-electron chi connectivity index (χ2n) is 5.73. The highest BCUT2D eigenvalue weighted by Gasteiger charge is 2.36. The van der Waals surface area contributed by atoms with Crippen LogP contribution in [0.1, 0.15) is 44.6 Å². The lowest BCUT2D eigenvalue weighted by Crippen LogP contribution is -2.39. The van der Waals surface area contributed by atoms with Crippen LogP contribution in [0.25, 0.3) is 0 Å². The van der Waals surface area contributed by atoms with Crippen molar-refractivity contribution in [2.45, 2.75) is 56.9 Å². The maximum atomic E-state index is 12.7. The van der Waals surface area contributed by atoms with E-state index in [9.17, 15) is 13.2 Å². The van der Waals surface area contributed by atoms with Crippen molar-refractivity contribution in [3.8, 4) is 0 Å². The Kier molecular flexibility index (Phi) is 5.40. The third-order valence-electron chi connectivity index (χ3n) is 3.91. The fourth-order valence-electron chi connectivity index (χ4n) is 2.62. The van der Waals surface area contributed by atoms with Crippen molar-refractivity contribution in [1.82, 2.24) is 4.31 Å². The van der Waals surface area contributed by atoms with Gasteiger partial charge in [-0.25, -0.2) is 12.7 Å². The summed E-state index contributed by atoms with van der Waals surface area (Å²) in [4.78, 5) is 12.2. The van der Waals surface area contributed by atoms with E-state index in [4.69, 9.17) is 0 Å². The fraction of sp³-hybridized carbons (Fsp3) is 0.471. The minimum atomic E-state index is -3.78. The van der Waals surface area contributed by atoms with E-state index < -0.39 is 15.9 Å². The Morgan fingerprint density at radius 3 is 2.41 bits per heavy atom. The number of amides is 1. The molecule has 120 valence electrons. The third-order valence-corrected chi connectivity index (χ3v) is 5.75. The molecule has 1 aromatic carbocycles. The van der Waals surface area contributed by atoms with Gasteiger partial charge in [-0.1, -0.05) is 56.4 Å². The molecule has 0 bridgehead atoms. The first-order valence-corrected chi connectivity index (χ1v) is 9.24. The molecule has 0 saturated heterocycles. The molecule has 1 amide bonds. The van der Waals surface area contributed by atoms with Crippen LogP contribution in [0.4, 0.5) is 0 Å². The minimum absolute atomic E-state index is 0.175. The van der Waals surface area contributed by atoms with Gasteiger partial charge in [-0.3, -0.25) is 4.79 Å². The molecule has 0 fully saturated rings. The van der Waals surface area contributed by atoms with Crippen LogP contribution < -0.4 is 0 Å². The maximum absolute atomic E-state index is 12.7. The molecule has 4 nitrogen and oxygen atoms in total. The van der Waals surface area contributed by atoms with E-state index in [-0.39, 0.29) is 10.9 Å². The number of rotatable bonds is 7. The van der Waals surface area contributed by atoms with Crippen LogP contribution in [0, 0.1) is 6.92 Å². The van der Waals surface area contributed by atoms with Crippen LogP contribution in [-0.4, -0.2) is 24.7 Å². The number of hydrogen-bond donors (Lipinski definition) is 0. The first-order chi connectivity index (χ1) is 10.5. The normalized spacial score (nSPS) is 18.2. The van der Waals surface area contributed by atoms with E-state index in [1.165, 1.54) is 6.08 Å². The average Bonchev–Trinajstić information content (AvgIpc) is 2.86. The lowest BCUT2D eigenvalue weighted by molar-refractivity contribution is -0.121. The summed E-state index contributed by atoms with van der Waals surface area (Å²) in [5.74, 6) is -0.443. The molecular formula is C17H23NO3S. The number of unbranched alkanes of at least 4 members (excludes halogenated alkanes) is 3. The second-order valence-corrected chi connectivity index (χ2v) is 7.54.